The summed E-state index contributed by atoms with van der Waals surface area (Å²) < 4.78 is 45.9. The first-order chi connectivity index (χ1) is 16.8. The molecule has 2 aromatic heterocycles. The van der Waals surface area contributed by atoms with Gasteiger partial charge in [-0.25, -0.2) is 9.97 Å². The fourth-order valence-electron chi connectivity index (χ4n) is 2.94. The second-order valence-corrected chi connectivity index (χ2v) is 8.01. The molecule has 4 aromatic rings. The molecular weight excluding hydrogens is 477 g/mol. The van der Waals surface area contributed by atoms with Crippen LogP contribution in [0.1, 0.15) is 11.5 Å². The van der Waals surface area contributed by atoms with Crippen molar-refractivity contribution in [3.8, 4) is 17.3 Å². The van der Waals surface area contributed by atoms with Crippen LogP contribution in [-0.2, 0) is 11.0 Å². The maximum Gasteiger partial charge on any atom is 0.433 e. The summed E-state index contributed by atoms with van der Waals surface area (Å²) >= 11 is 0.792. The Hall–Kier alpha value is -4.36. The maximum absolute atomic E-state index is 13.4. The third-order valence-electron chi connectivity index (χ3n) is 4.54. The average Bonchev–Trinajstić information content (AvgIpc) is 3.29. The minimum Gasteiger partial charge on any atom is -0.450 e. The lowest BCUT2D eigenvalue weighted by Gasteiger charge is -2.10. The summed E-state index contributed by atoms with van der Waals surface area (Å²) in [4.78, 5) is 20.2. The molecule has 0 aliphatic heterocycles. The number of rotatable bonds is 6. The summed E-state index contributed by atoms with van der Waals surface area (Å²) in [5.41, 5.74) is -0.142. The Labute approximate surface area is 202 Å². The Bertz CT molecular complexity index is 1410. The molecule has 0 saturated heterocycles. The largest absolute Gasteiger partial charge is 0.450 e. The number of carbonyl (C=O) groups excluding carboxylic acids is 1. The minimum atomic E-state index is -4.66. The van der Waals surface area contributed by atoms with E-state index in [1.165, 1.54) is 18.2 Å². The van der Waals surface area contributed by atoms with Gasteiger partial charge in [0.2, 0.25) is 0 Å². The number of nitrogens with zero attached hydrogens (tertiary/aromatic N) is 3. The van der Waals surface area contributed by atoms with Crippen LogP contribution < -0.4 is 5.32 Å². The van der Waals surface area contributed by atoms with Gasteiger partial charge >= 0.3 is 6.18 Å². The van der Waals surface area contributed by atoms with Crippen LogP contribution in [0, 0.1) is 11.3 Å². The quantitative estimate of drug-likeness (QED) is 0.189. The Kier molecular flexibility index (Phi) is 6.98. The van der Waals surface area contributed by atoms with E-state index in [4.69, 9.17) is 4.42 Å². The lowest BCUT2D eigenvalue weighted by atomic mass is 10.1. The maximum atomic E-state index is 13.4. The number of hydrogen-bond donors (Lipinski definition) is 1. The Morgan fingerprint density at radius 3 is 2.34 bits per heavy atom. The first-order valence-electron chi connectivity index (χ1n) is 10.1. The predicted molar refractivity (Wildman–Crippen MR) is 124 cm³/mol. The highest BCUT2D eigenvalue weighted by molar-refractivity contribution is 7.99. The number of carbonyl (C=O) groups is 1. The van der Waals surface area contributed by atoms with E-state index in [1.54, 1.807) is 60.7 Å². The van der Waals surface area contributed by atoms with Crippen LogP contribution in [-0.4, -0.2) is 15.9 Å². The van der Waals surface area contributed by atoms with Gasteiger partial charge in [-0.1, -0.05) is 48.5 Å². The Balaban J connectivity index is 1.57. The molecule has 0 saturated carbocycles. The molecule has 0 radical (unpaired) electrons. The number of amides is 1. The minimum absolute atomic E-state index is 0.117. The molecule has 0 fully saturated rings. The molecule has 0 bridgehead atoms. The summed E-state index contributed by atoms with van der Waals surface area (Å²) in [5, 5.41) is 12.0. The normalized spacial score (nSPS) is 11.7. The molecular formula is C25H15F3N4O2S. The molecule has 0 aliphatic carbocycles. The number of anilines is 1. The van der Waals surface area contributed by atoms with Crippen LogP contribution in [0.2, 0.25) is 0 Å². The second-order valence-electron chi connectivity index (χ2n) is 7.03. The Morgan fingerprint density at radius 2 is 1.69 bits per heavy atom. The summed E-state index contributed by atoms with van der Waals surface area (Å²) in [6, 6.07) is 22.7. The van der Waals surface area contributed by atoms with Gasteiger partial charge in [-0.2, -0.15) is 18.4 Å². The molecule has 10 heteroatoms. The van der Waals surface area contributed by atoms with Crippen LogP contribution in [0.4, 0.5) is 18.9 Å². The highest BCUT2D eigenvalue weighted by Crippen LogP contribution is 2.34. The first kappa shape index (κ1) is 23.8. The fraction of sp³-hybridized carbons (Fsp3) is 0.0400. The van der Waals surface area contributed by atoms with Crippen molar-refractivity contribution in [2.75, 3.05) is 5.32 Å². The van der Waals surface area contributed by atoms with Gasteiger partial charge in [0.25, 0.3) is 5.91 Å². The third kappa shape index (κ3) is 6.16. The summed E-state index contributed by atoms with van der Waals surface area (Å²) in [7, 11) is 0. The molecule has 174 valence electrons. The predicted octanol–water partition coefficient (Wildman–Crippen LogP) is 6.45. The van der Waals surface area contributed by atoms with E-state index in [0.717, 1.165) is 17.8 Å². The summed E-state index contributed by atoms with van der Waals surface area (Å²) in [5.74, 6) is -0.458. The van der Waals surface area contributed by atoms with Crippen LogP contribution in [0.3, 0.4) is 0 Å². The molecule has 2 heterocycles. The summed E-state index contributed by atoms with van der Waals surface area (Å²) in [6.07, 6.45) is -3.42. The topological polar surface area (TPSA) is 91.8 Å². The number of alkyl halides is 3. The number of halogens is 3. The number of furan rings is 1. The van der Waals surface area contributed by atoms with Gasteiger partial charge in [-0.15, -0.1) is 0 Å². The van der Waals surface area contributed by atoms with E-state index < -0.39 is 17.8 Å². The van der Waals surface area contributed by atoms with Crippen molar-refractivity contribution in [1.29, 1.82) is 5.26 Å². The van der Waals surface area contributed by atoms with E-state index in [1.807, 2.05) is 6.07 Å². The van der Waals surface area contributed by atoms with Crippen molar-refractivity contribution < 1.29 is 22.4 Å². The van der Waals surface area contributed by atoms with Crippen molar-refractivity contribution in [3.05, 3.63) is 95.9 Å². The van der Waals surface area contributed by atoms with Crippen molar-refractivity contribution in [2.24, 2.45) is 0 Å². The number of hydrogen-bond acceptors (Lipinski definition) is 6. The zero-order chi connectivity index (χ0) is 24.8. The third-order valence-corrected chi connectivity index (χ3v) is 5.33. The van der Waals surface area contributed by atoms with Gasteiger partial charge in [-0.05, 0) is 42.1 Å². The zero-order valence-electron chi connectivity index (χ0n) is 17.8. The van der Waals surface area contributed by atoms with Gasteiger partial charge in [0.15, 0.2) is 10.2 Å². The van der Waals surface area contributed by atoms with Crippen molar-refractivity contribution >= 4 is 29.4 Å². The van der Waals surface area contributed by atoms with Crippen LogP contribution in [0.15, 0.2) is 99.1 Å². The van der Waals surface area contributed by atoms with E-state index in [9.17, 15) is 23.2 Å². The molecule has 0 spiro atoms. The van der Waals surface area contributed by atoms with Gasteiger partial charge in [-0.3, -0.25) is 4.79 Å². The lowest BCUT2D eigenvalue weighted by Crippen LogP contribution is -2.13. The molecule has 1 amide bonds. The van der Waals surface area contributed by atoms with Crippen molar-refractivity contribution in [3.63, 3.8) is 0 Å². The van der Waals surface area contributed by atoms with Crippen molar-refractivity contribution in [1.82, 2.24) is 9.97 Å². The highest BCUT2D eigenvalue weighted by Gasteiger charge is 2.34. The molecule has 0 unspecified atom stereocenters. The van der Waals surface area contributed by atoms with E-state index in [0.29, 0.717) is 11.3 Å². The monoisotopic (exact) mass is 492 g/mol. The van der Waals surface area contributed by atoms with Crippen molar-refractivity contribution in [2.45, 2.75) is 16.4 Å². The van der Waals surface area contributed by atoms with Crippen LogP contribution >= 0.6 is 11.8 Å². The zero-order valence-corrected chi connectivity index (χ0v) is 18.6. The summed E-state index contributed by atoms with van der Waals surface area (Å²) in [6.45, 7) is 0. The molecule has 4 rings (SSSR count). The number of para-hydroxylation sites is 1. The van der Waals surface area contributed by atoms with Gasteiger partial charge in [0, 0.05) is 17.3 Å². The molecule has 6 nitrogen and oxygen atoms in total. The number of benzene rings is 2. The number of aromatic nitrogens is 2. The van der Waals surface area contributed by atoms with E-state index in [2.05, 4.69) is 15.3 Å². The molecule has 0 aliphatic rings. The second kappa shape index (κ2) is 10.3. The van der Waals surface area contributed by atoms with Gasteiger partial charge in [0.1, 0.15) is 23.1 Å². The van der Waals surface area contributed by atoms with Crippen LogP contribution in [0.5, 0.6) is 0 Å². The SMILES string of the molecule is N#C/C(=C\c1ccc(Sc2nc(-c3ccccc3)cc(C(F)(F)F)n2)o1)C(=O)Nc1ccccc1. The molecule has 2 aromatic carbocycles. The highest BCUT2D eigenvalue weighted by atomic mass is 32.2. The fourth-order valence-corrected chi connectivity index (χ4v) is 3.68. The number of nitrogens with one attached hydrogen (secondary N) is 1. The molecule has 1 N–H and O–H groups in total. The standard InChI is InChI=1S/C25H15F3N4O2S/c26-25(27,28)21-14-20(16-7-3-1-4-8-16)31-24(32-21)35-22-12-11-19(34-22)13-17(15-29)23(33)30-18-9-5-2-6-10-18/h1-14H,(H,30,33)/b17-13+. The Morgan fingerprint density at radius 1 is 1.00 bits per heavy atom. The van der Waals surface area contributed by atoms with E-state index in [-0.39, 0.29) is 27.3 Å². The lowest BCUT2D eigenvalue weighted by molar-refractivity contribution is -0.141. The first-order valence-corrected chi connectivity index (χ1v) is 10.9. The van der Waals surface area contributed by atoms with E-state index >= 15 is 0 Å². The van der Waals surface area contributed by atoms with Crippen LogP contribution in [0.25, 0.3) is 17.3 Å². The van der Waals surface area contributed by atoms with Gasteiger partial charge < -0.3 is 9.73 Å². The van der Waals surface area contributed by atoms with Gasteiger partial charge in [0.05, 0.1) is 5.69 Å². The number of nitriles is 1. The molecule has 35 heavy (non-hydrogen) atoms. The molecule has 0 atom stereocenters. The average molecular weight is 492 g/mol. The smallest absolute Gasteiger partial charge is 0.433 e.